The van der Waals surface area contributed by atoms with E-state index in [9.17, 15) is 4.79 Å². The first-order valence-electron chi connectivity index (χ1n) is 7.24. The Hall–Kier alpha value is -1.55. The Labute approximate surface area is 120 Å². The Balaban J connectivity index is 2.25. The van der Waals surface area contributed by atoms with Crippen LogP contribution in [0.25, 0.3) is 0 Å². The molecule has 2 N–H and O–H groups in total. The quantitative estimate of drug-likeness (QED) is 0.681. The second-order valence-electron chi connectivity index (χ2n) is 5.70. The third-order valence-corrected chi connectivity index (χ3v) is 4.45. The molecule has 1 fully saturated rings. The van der Waals surface area contributed by atoms with Gasteiger partial charge in [0.1, 0.15) is 0 Å². The number of carbonyl (C=O) groups is 1. The summed E-state index contributed by atoms with van der Waals surface area (Å²) in [6.45, 7) is 6.37. The van der Waals surface area contributed by atoms with Gasteiger partial charge in [0.05, 0.1) is 12.7 Å². The number of benzene rings is 1. The van der Waals surface area contributed by atoms with Crippen LogP contribution in [0.15, 0.2) is 18.2 Å². The first-order valence-corrected chi connectivity index (χ1v) is 7.24. The lowest BCUT2D eigenvalue weighted by atomic mass is 9.91. The summed E-state index contributed by atoms with van der Waals surface area (Å²) >= 11 is 0. The van der Waals surface area contributed by atoms with Crippen LogP contribution in [-0.4, -0.2) is 30.6 Å². The van der Waals surface area contributed by atoms with E-state index in [-0.39, 0.29) is 5.97 Å². The molecule has 0 aromatic heterocycles. The van der Waals surface area contributed by atoms with Gasteiger partial charge in [0.25, 0.3) is 0 Å². The molecule has 2 unspecified atom stereocenters. The van der Waals surface area contributed by atoms with Gasteiger partial charge >= 0.3 is 5.97 Å². The van der Waals surface area contributed by atoms with E-state index in [0.29, 0.717) is 23.2 Å². The number of hydrogen-bond donors (Lipinski definition) is 1. The Morgan fingerprint density at radius 2 is 2.20 bits per heavy atom. The number of methoxy groups -OCH3 is 1. The van der Waals surface area contributed by atoms with E-state index < -0.39 is 0 Å². The van der Waals surface area contributed by atoms with Crippen LogP contribution in [-0.2, 0) is 11.3 Å². The molecule has 2 atom stereocenters. The molecule has 20 heavy (non-hydrogen) atoms. The highest BCUT2D eigenvalue weighted by Crippen LogP contribution is 2.27. The Morgan fingerprint density at radius 3 is 2.90 bits per heavy atom. The Morgan fingerprint density at radius 1 is 1.45 bits per heavy atom. The topological polar surface area (TPSA) is 55.6 Å². The minimum atomic E-state index is -0.351. The number of nitrogens with two attached hydrogens (primary N) is 1. The zero-order valence-electron chi connectivity index (χ0n) is 12.6. The van der Waals surface area contributed by atoms with E-state index in [1.807, 2.05) is 12.1 Å². The average Bonchev–Trinajstić information content (AvgIpc) is 2.43. The lowest BCUT2D eigenvalue weighted by Gasteiger charge is -2.38. The second kappa shape index (κ2) is 6.27. The number of likely N-dealkylation sites (tertiary alicyclic amines) is 1. The van der Waals surface area contributed by atoms with Gasteiger partial charge in [-0.3, -0.25) is 4.90 Å². The van der Waals surface area contributed by atoms with Gasteiger partial charge in [0.2, 0.25) is 0 Å². The molecular formula is C16H24N2O2. The number of nitrogen functional groups attached to an aromatic ring is 1. The average molecular weight is 276 g/mol. The molecule has 0 saturated carbocycles. The van der Waals surface area contributed by atoms with Crippen LogP contribution in [0.1, 0.15) is 42.6 Å². The van der Waals surface area contributed by atoms with Gasteiger partial charge in [0, 0.05) is 18.3 Å². The zero-order chi connectivity index (χ0) is 14.7. The van der Waals surface area contributed by atoms with Crippen LogP contribution in [0.2, 0.25) is 0 Å². The number of anilines is 1. The number of hydrogen-bond acceptors (Lipinski definition) is 4. The minimum Gasteiger partial charge on any atom is -0.465 e. The minimum absolute atomic E-state index is 0.351. The normalized spacial score (nSPS) is 23.6. The zero-order valence-corrected chi connectivity index (χ0v) is 12.6. The maximum absolute atomic E-state index is 11.9. The second-order valence-corrected chi connectivity index (χ2v) is 5.70. The van der Waals surface area contributed by atoms with Gasteiger partial charge in [0.15, 0.2) is 0 Å². The molecular weight excluding hydrogens is 252 g/mol. The van der Waals surface area contributed by atoms with Crippen molar-refractivity contribution in [3.8, 4) is 0 Å². The number of rotatable bonds is 3. The lowest BCUT2D eigenvalue weighted by molar-refractivity contribution is 0.0596. The van der Waals surface area contributed by atoms with Crippen molar-refractivity contribution in [1.29, 1.82) is 0 Å². The summed E-state index contributed by atoms with van der Waals surface area (Å²) < 4.78 is 4.86. The maximum atomic E-state index is 11.9. The summed E-state index contributed by atoms with van der Waals surface area (Å²) in [5.41, 5.74) is 7.91. The standard InChI is InChI=1S/C16H24N2O2/c1-11-6-5-9-18(12(11)2)10-13-7-4-8-14(17)15(13)16(19)20-3/h4,7-8,11-12H,5-6,9-10,17H2,1-3H3. The molecule has 4 nitrogen and oxygen atoms in total. The summed E-state index contributed by atoms with van der Waals surface area (Å²) in [6, 6.07) is 6.14. The van der Waals surface area contributed by atoms with E-state index in [0.717, 1.165) is 18.7 Å². The molecule has 1 heterocycles. The van der Waals surface area contributed by atoms with Crippen molar-refractivity contribution in [2.45, 2.75) is 39.3 Å². The van der Waals surface area contributed by atoms with Crippen molar-refractivity contribution >= 4 is 11.7 Å². The molecule has 1 saturated heterocycles. The van der Waals surface area contributed by atoms with Crippen LogP contribution in [0.4, 0.5) is 5.69 Å². The fourth-order valence-corrected chi connectivity index (χ4v) is 2.97. The van der Waals surface area contributed by atoms with Crippen LogP contribution in [0.3, 0.4) is 0 Å². The predicted molar refractivity (Wildman–Crippen MR) is 80.5 cm³/mol. The van der Waals surface area contributed by atoms with E-state index in [4.69, 9.17) is 10.5 Å². The molecule has 0 bridgehead atoms. The summed E-state index contributed by atoms with van der Waals surface area (Å²) in [6.07, 6.45) is 2.49. The van der Waals surface area contributed by atoms with Crippen LogP contribution in [0.5, 0.6) is 0 Å². The number of ether oxygens (including phenoxy) is 1. The van der Waals surface area contributed by atoms with Gasteiger partial charge in [-0.15, -0.1) is 0 Å². The Kier molecular flexibility index (Phi) is 4.65. The summed E-state index contributed by atoms with van der Waals surface area (Å²) in [5.74, 6) is 0.335. The molecule has 0 aliphatic carbocycles. The molecule has 1 aliphatic heterocycles. The van der Waals surface area contributed by atoms with Crippen molar-refractivity contribution in [2.75, 3.05) is 19.4 Å². The molecule has 1 aliphatic rings. The van der Waals surface area contributed by atoms with Crippen LogP contribution >= 0.6 is 0 Å². The van der Waals surface area contributed by atoms with Gasteiger partial charge in [-0.25, -0.2) is 4.79 Å². The Bertz CT molecular complexity index is 487. The summed E-state index contributed by atoms with van der Waals surface area (Å²) in [5, 5.41) is 0. The van der Waals surface area contributed by atoms with Crippen molar-refractivity contribution in [1.82, 2.24) is 4.90 Å². The smallest absolute Gasteiger partial charge is 0.340 e. The number of piperidine rings is 1. The van der Waals surface area contributed by atoms with Crippen LogP contribution in [0, 0.1) is 5.92 Å². The molecule has 4 heteroatoms. The van der Waals surface area contributed by atoms with E-state index in [2.05, 4.69) is 18.7 Å². The van der Waals surface area contributed by atoms with Gasteiger partial charge in [-0.2, -0.15) is 0 Å². The van der Waals surface area contributed by atoms with Gasteiger partial charge in [-0.05, 0) is 43.9 Å². The fourth-order valence-electron chi connectivity index (χ4n) is 2.97. The fraction of sp³-hybridized carbons (Fsp3) is 0.562. The molecule has 2 rings (SSSR count). The highest BCUT2D eigenvalue weighted by Gasteiger charge is 2.26. The van der Waals surface area contributed by atoms with E-state index >= 15 is 0 Å². The maximum Gasteiger partial charge on any atom is 0.340 e. The molecule has 0 radical (unpaired) electrons. The van der Waals surface area contributed by atoms with Gasteiger partial charge < -0.3 is 10.5 Å². The number of esters is 1. The third-order valence-electron chi connectivity index (χ3n) is 4.45. The SMILES string of the molecule is COC(=O)c1c(N)cccc1CN1CCCC(C)C1C. The van der Waals surface area contributed by atoms with E-state index in [1.165, 1.54) is 20.0 Å². The van der Waals surface area contributed by atoms with Crippen molar-refractivity contribution in [3.63, 3.8) is 0 Å². The number of carbonyl (C=O) groups excluding carboxylic acids is 1. The third kappa shape index (κ3) is 2.96. The van der Waals surface area contributed by atoms with Crippen molar-refractivity contribution in [2.24, 2.45) is 5.92 Å². The summed E-state index contributed by atoms with van der Waals surface area (Å²) in [7, 11) is 1.39. The molecule has 0 amide bonds. The molecule has 1 aromatic rings. The lowest BCUT2D eigenvalue weighted by Crippen LogP contribution is -2.42. The molecule has 0 spiro atoms. The molecule has 110 valence electrons. The summed E-state index contributed by atoms with van der Waals surface area (Å²) in [4.78, 5) is 14.3. The number of nitrogens with zero attached hydrogens (tertiary/aromatic N) is 1. The molecule has 1 aromatic carbocycles. The van der Waals surface area contributed by atoms with Crippen molar-refractivity contribution < 1.29 is 9.53 Å². The van der Waals surface area contributed by atoms with Gasteiger partial charge in [-0.1, -0.05) is 19.1 Å². The van der Waals surface area contributed by atoms with Crippen LogP contribution < -0.4 is 5.73 Å². The first kappa shape index (κ1) is 14.9. The van der Waals surface area contributed by atoms with Crippen molar-refractivity contribution in [3.05, 3.63) is 29.3 Å². The first-order chi connectivity index (χ1) is 9.54. The predicted octanol–water partition coefficient (Wildman–Crippen LogP) is 2.68. The highest BCUT2D eigenvalue weighted by atomic mass is 16.5. The van der Waals surface area contributed by atoms with E-state index in [1.54, 1.807) is 6.07 Å². The highest BCUT2D eigenvalue weighted by molar-refractivity contribution is 5.96. The largest absolute Gasteiger partial charge is 0.465 e. The monoisotopic (exact) mass is 276 g/mol.